The van der Waals surface area contributed by atoms with Gasteiger partial charge in [-0.15, -0.1) is 0 Å². The van der Waals surface area contributed by atoms with Gasteiger partial charge in [0.15, 0.2) is 6.79 Å². The maximum Gasteiger partial charge on any atom is 0.185 e. The molecule has 0 aromatic carbocycles. The van der Waals surface area contributed by atoms with E-state index >= 15 is 0 Å². The van der Waals surface area contributed by atoms with Gasteiger partial charge in [0.2, 0.25) is 0 Å². The molecular weight excluding hydrogens is 208 g/mol. The lowest BCUT2D eigenvalue weighted by Gasteiger charge is -2.37. The van der Waals surface area contributed by atoms with Crippen molar-refractivity contribution in [1.29, 1.82) is 0 Å². The van der Waals surface area contributed by atoms with Crippen LogP contribution >= 0.6 is 0 Å². The topological polar surface area (TPSA) is 58.9 Å². The number of allylic oxidation sites excluding steroid dienone is 1. The first-order chi connectivity index (χ1) is 7.86. The van der Waals surface area contributed by atoms with Gasteiger partial charge in [0.05, 0.1) is 11.9 Å². The predicted molar refractivity (Wildman–Crippen MR) is 58.3 cm³/mol. The van der Waals surface area contributed by atoms with Gasteiger partial charge in [-0.25, -0.2) is 0 Å². The highest BCUT2D eigenvalue weighted by molar-refractivity contribution is 5.19. The second-order valence-electron chi connectivity index (χ2n) is 4.45. The molecule has 2 unspecified atom stereocenters. The Morgan fingerprint density at radius 2 is 1.94 bits per heavy atom. The first kappa shape index (κ1) is 11.9. The molecule has 0 aliphatic heterocycles. The summed E-state index contributed by atoms with van der Waals surface area (Å²) in [5.74, 6) is 1.35. The molecule has 2 aliphatic carbocycles. The summed E-state index contributed by atoms with van der Waals surface area (Å²) in [4.78, 5) is 0. The number of rotatable bonds is 4. The Hall–Kier alpha value is -0.580. The van der Waals surface area contributed by atoms with Crippen molar-refractivity contribution < 1.29 is 19.7 Å². The lowest BCUT2D eigenvalue weighted by atomic mass is 9.75. The molecule has 1 fully saturated rings. The van der Waals surface area contributed by atoms with Crippen molar-refractivity contribution in [3.63, 3.8) is 0 Å². The average Bonchev–Trinajstić information content (AvgIpc) is 2.33. The number of aliphatic hydroxyl groups is 2. The molecule has 2 aliphatic rings. The molecule has 0 spiro atoms. The van der Waals surface area contributed by atoms with Gasteiger partial charge in [0.25, 0.3) is 0 Å². The van der Waals surface area contributed by atoms with Crippen LogP contribution in [0.15, 0.2) is 11.3 Å². The molecule has 0 radical (unpaired) electrons. The molecule has 92 valence electrons. The molecule has 2 rings (SSSR count). The van der Waals surface area contributed by atoms with E-state index in [0.717, 1.165) is 31.4 Å². The van der Waals surface area contributed by atoms with Crippen LogP contribution in [0.25, 0.3) is 0 Å². The molecule has 2 atom stereocenters. The summed E-state index contributed by atoms with van der Waals surface area (Å²) in [5, 5.41) is 17.7. The minimum Gasteiger partial charge on any atom is -0.472 e. The summed E-state index contributed by atoms with van der Waals surface area (Å²) >= 11 is 0. The number of hydrogen-bond donors (Lipinski definition) is 2. The Balaban J connectivity index is 2.13. The largest absolute Gasteiger partial charge is 0.472 e. The molecule has 0 saturated heterocycles. The number of ether oxygens (including phenoxy) is 2. The summed E-state index contributed by atoms with van der Waals surface area (Å²) in [6.45, 7) is -0.443. The van der Waals surface area contributed by atoms with Crippen molar-refractivity contribution in [2.45, 2.75) is 44.6 Å². The van der Waals surface area contributed by atoms with Crippen LogP contribution in [-0.2, 0) is 9.47 Å². The van der Waals surface area contributed by atoms with Crippen molar-refractivity contribution >= 4 is 0 Å². The fraction of sp³-hybridized carbons (Fsp3) is 0.833. The Morgan fingerprint density at radius 3 is 2.69 bits per heavy atom. The zero-order chi connectivity index (χ0) is 11.4. The van der Waals surface area contributed by atoms with Gasteiger partial charge < -0.3 is 19.7 Å². The molecule has 4 heteroatoms. The van der Waals surface area contributed by atoms with Gasteiger partial charge in [0.1, 0.15) is 6.79 Å². The third-order valence-electron chi connectivity index (χ3n) is 3.65. The smallest absolute Gasteiger partial charge is 0.185 e. The standard InChI is InChI=1S/C12H20O4/c13-7-15-11-5-6-12(16-8-14)10-4-2-1-3-9(10)11/h9,11,13-14H,1-8H2. The zero-order valence-corrected chi connectivity index (χ0v) is 9.52. The van der Waals surface area contributed by atoms with E-state index in [4.69, 9.17) is 19.7 Å². The van der Waals surface area contributed by atoms with E-state index in [1.165, 1.54) is 18.4 Å². The summed E-state index contributed by atoms with van der Waals surface area (Å²) in [6, 6.07) is 0. The molecular formula is C12H20O4. The number of fused-ring (bicyclic) bond motifs is 1. The van der Waals surface area contributed by atoms with E-state index in [9.17, 15) is 0 Å². The van der Waals surface area contributed by atoms with E-state index < -0.39 is 0 Å². The van der Waals surface area contributed by atoms with Gasteiger partial charge in [0, 0.05) is 12.3 Å². The van der Waals surface area contributed by atoms with E-state index in [0.29, 0.717) is 5.92 Å². The Bertz CT molecular complexity index is 262. The minimum atomic E-state index is -0.239. The fourth-order valence-electron chi connectivity index (χ4n) is 2.97. The molecule has 0 aromatic rings. The molecule has 16 heavy (non-hydrogen) atoms. The van der Waals surface area contributed by atoms with Crippen LogP contribution < -0.4 is 0 Å². The highest BCUT2D eigenvalue weighted by Gasteiger charge is 2.34. The zero-order valence-electron chi connectivity index (χ0n) is 9.52. The van der Waals surface area contributed by atoms with E-state index in [-0.39, 0.29) is 19.7 Å². The molecule has 0 heterocycles. The first-order valence-corrected chi connectivity index (χ1v) is 6.05. The molecule has 4 nitrogen and oxygen atoms in total. The predicted octanol–water partition coefficient (Wildman–Crippen LogP) is 1.53. The Labute approximate surface area is 95.9 Å². The summed E-state index contributed by atoms with van der Waals surface area (Å²) in [6.07, 6.45) is 6.39. The van der Waals surface area contributed by atoms with Gasteiger partial charge in [-0.1, -0.05) is 6.42 Å². The third kappa shape index (κ3) is 2.39. The first-order valence-electron chi connectivity index (χ1n) is 6.05. The van der Waals surface area contributed by atoms with E-state index in [2.05, 4.69) is 0 Å². The third-order valence-corrected chi connectivity index (χ3v) is 3.65. The Morgan fingerprint density at radius 1 is 1.06 bits per heavy atom. The van der Waals surface area contributed by atoms with Crippen LogP contribution in [0.1, 0.15) is 38.5 Å². The molecule has 0 bridgehead atoms. The minimum absolute atomic E-state index is 0.131. The van der Waals surface area contributed by atoms with Crippen LogP contribution in [0.3, 0.4) is 0 Å². The number of aliphatic hydroxyl groups excluding tert-OH is 2. The van der Waals surface area contributed by atoms with Gasteiger partial charge >= 0.3 is 0 Å². The van der Waals surface area contributed by atoms with Crippen LogP contribution in [0.2, 0.25) is 0 Å². The van der Waals surface area contributed by atoms with Gasteiger partial charge in [-0.05, 0) is 31.3 Å². The van der Waals surface area contributed by atoms with Crippen molar-refractivity contribution in [3.05, 3.63) is 11.3 Å². The summed E-state index contributed by atoms with van der Waals surface area (Å²) in [7, 11) is 0. The number of hydrogen-bond acceptors (Lipinski definition) is 4. The van der Waals surface area contributed by atoms with Crippen molar-refractivity contribution in [1.82, 2.24) is 0 Å². The average molecular weight is 228 g/mol. The lowest BCUT2D eigenvalue weighted by molar-refractivity contribution is -0.0821. The summed E-state index contributed by atoms with van der Waals surface area (Å²) < 4.78 is 10.7. The maximum absolute atomic E-state index is 8.87. The lowest BCUT2D eigenvalue weighted by Crippen LogP contribution is -2.33. The normalized spacial score (nSPS) is 30.1. The van der Waals surface area contributed by atoms with Crippen LogP contribution in [0.4, 0.5) is 0 Å². The molecule has 0 aromatic heterocycles. The maximum atomic E-state index is 8.87. The van der Waals surface area contributed by atoms with Crippen LogP contribution in [0, 0.1) is 5.92 Å². The second-order valence-corrected chi connectivity index (χ2v) is 4.45. The molecule has 2 N–H and O–H groups in total. The van der Waals surface area contributed by atoms with Crippen LogP contribution in [-0.4, -0.2) is 29.9 Å². The van der Waals surface area contributed by atoms with E-state index in [1.54, 1.807) is 0 Å². The quantitative estimate of drug-likeness (QED) is 0.716. The molecule has 1 saturated carbocycles. The van der Waals surface area contributed by atoms with Gasteiger partial charge in [-0.3, -0.25) is 0 Å². The highest BCUT2D eigenvalue weighted by atomic mass is 16.6. The van der Waals surface area contributed by atoms with Crippen molar-refractivity contribution in [2.24, 2.45) is 5.92 Å². The van der Waals surface area contributed by atoms with Crippen molar-refractivity contribution in [3.8, 4) is 0 Å². The Kier molecular flexibility index (Phi) is 4.21. The monoisotopic (exact) mass is 228 g/mol. The SMILES string of the molecule is OCOC1=C2CCCCC2C(OCO)CC1. The molecule has 0 amide bonds. The fourth-order valence-corrected chi connectivity index (χ4v) is 2.97. The van der Waals surface area contributed by atoms with Gasteiger partial charge in [-0.2, -0.15) is 0 Å². The van der Waals surface area contributed by atoms with E-state index in [1.807, 2.05) is 0 Å². The second kappa shape index (κ2) is 5.66. The van der Waals surface area contributed by atoms with Crippen LogP contribution in [0.5, 0.6) is 0 Å². The highest BCUT2D eigenvalue weighted by Crippen LogP contribution is 2.41. The van der Waals surface area contributed by atoms with Crippen molar-refractivity contribution in [2.75, 3.05) is 13.6 Å². The summed E-state index contributed by atoms with van der Waals surface area (Å²) in [5.41, 5.74) is 1.31.